The lowest BCUT2D eigenvalue weighted by molar-refractivity contribution is -0.142. The normalized spacial score (nSPS) is 14.2. The number of nitrogens with one attached hydrogen (secondary N) is 2. The van der Waals surface area contributed by atoms with E-state index in [0.717, 1.165) is 5.56 Å². The third kappa shape index (κ3) is 4.10. The minimum Gasteiger partial charge on any atom is -0.353 e. The van der Waals surface area contributed by atoms with Crippen molar-refractivity contribution in [3.63, 3.8) is 0 Å². The zero-order valence-corrected chi connectivity index (χ0v) is 15.3. The van der Waals surface area contributed by atoms with Gasteiger partial charge in [0.05, 0.1) is 12.1 Å². The minimum atomic E-state index is -1.15. The first-order valence-electron chi connectivity index (χ1n) is 8.36. The molecule has 0 bridgehead atoms. The lowest BCUT2D eigenvalue weighted by Crippen LogP contribution is -2.47. The molecule has 134 valence electrons. The monoisotopic (exact) mass is 343 g/mol. The van der Waals surface area contributed by atoms with Crippen LogP contribution in [0, 0.1) is 11.3 Å². The molecule has 2 heterocycles. The van der Waals surface area contributed by atoms with E-state index < -0.39 is 11.3 Å². The summed E-state index contributed by atoms with van der Waals surface area (Å²) in [5.74, 6) is -0.778. The number of amides is 1. The van der Waals surface area contributed by atoms with Gasteiger partial charge in [0.15, 0.2) is 5.78 Å². The van der Waals surface area contributed by atoms with Crippen LogP contribution in [0.1, 0.15) is 51.9 Å². The Morgan fingerprint density at radius 2 is 1.80 bits per heavy atom. The van der Waals surface area contributed by atoms with Crippen molar-refractivity contribution < 1.29 is 9.59 Å². The summed E-state index contributed by atoms with van der Waals surface area (Å²) in [6.45, 7) is 8.85. The number of rotatable bonds is 7. The van der Waals surface area contributed by atoms with Gasteiger partial charge in [-0.3, -0.25) is 14.7 Å². The van der Waals surface area contributed by atoms with E-state index in [1.54, 1.807) is 51.6 Å². The van der Waals surface area contributed by atoms with Crippen LogP contribution in [0.4, 0.5) is 0 Å². The molecule has 0 aliphatic carbocycles. The Labute approximate surface area is 147 Å². The van der Waals surface area contributed by atoms with Crippen LogP contribution in [0.25, 0.3) is 0 Å². The van der Waals surface area contributed by atoms with Crippen LogP contribution in [-0.2, 0) is 9.59 Å². The largest absolute Gasteiger partial charge is 0.353 e. The zero-order valence-electron chi connectivity index (χ0n) is 15.3. The summed E-state index contributed by atoms with van der Waals surface area (Å²) in [6, 6.07) is 1.69. The molecule has 0 aromatic carbocycles. The molecule has 2 aromatic heterocycles. The number of carbonyl (C=O) groups excluding carboxylic acids is 2. The fraction of sp³-hybridized carbons (Fsp3) is 0.500. The molecule has 7 nitrogen and oxygen atoms in total. The van der Waals surface area contributed by atoms with E-state index in [-0.39, 0.29) is 23.7 Å². The molecule has 0 saturated carbocycles. The van der Waals surface area contributed by atoms with Crippen molar-refractivity contribution in [1.29, 1.82) is 0 Å². The van der Waals surface area contributed by atoms with Crippen molar-refractivity contribution in [3.8, 4) is 0 Å². The molecule has 7 heteroatoms. The smallest absolute Gasteiger partial charge is 0.233 e. The molecule has 2 unspecified atom stereocenters. The van der Waals surface area contributed by atoms with Crippen molar-refractivity contribution in [2.24, 2.45) is 11.3 Å². The van der Waals surface area contributed by atoms with E-state index in [2.05, 4.69) is 25.5 Å². The average molecular weight is 343 g/mol. The lowest BCUT2D eigenvalue weighted by atomic mass is 9.74. The van der Waals surface area contributed by atoms with Crippen LogP contribution in [0.2, 0.25) is 0 Å². The van der Waals surface area contributed by atoms with Gasteiger partial charge in [-0.2, -0.15) is 5.10 Å². The predicted octanol–water partition coefficient (Wildman–Crippen LogP) is 2.09. The summed E-state index contributed by atoms with van der Waals surface area (Å²) in [7, 11) is 0. The van der Waals surface area contributed by atoms with Gasteiger partial charge < -0.3 is 5.32 Å². The Bertz CT molecular complexity index is 710. The van der Waals surface area contributed by atoms with Crippen LogP contribution < -0.4 is 5.32 Å². The SMILES string of the molecule is CC(C)NC(=O)C(C)(C)C(=O)C(C)C(c1cn[nH]c1)c1ncccn1. The van der Waals surface area contributed by atoms with E-state index in [1.807, 2.05) is 13.8 Å². The Kier molecular flexibility index (Phi) is 5.66. The van der Waals surface area contributed by atoms with Gasteiger partial charge in [-0.25, -0.2) is 9.97 Å². The third-order valence-electron chi connectivity index (χ3n) is 4.26. The van der Waals surface area contributed by atoms with Crippen molar-refractivity contribution in [2.45, 2.75) is 46.6 Å². The Hall–Kier alpha value is -2.57. The predicted molar refractivity (Wildman–Crippen MR) is 93.7 cm³/mol. The summed E-state index contributed by atoms with van der Waals surface area (Å²) in [4.78, 5) is 34.3. The van der Waals surface area contributed by atoms with Crippen molar-refractivity contribution >= 4 is 11.7 Å². The van der Waals surface area contributed by atoms with Crippen LogP contribution >= 0.6 is 0 Å². The van der Waals surface area contributed by atoms with E-state index in [4.69, 9.17) is 0 Å². The molecule has 1 amide bonds. The highest BCUT2D eigenvalue weighted by Gasteiger charge is 2.42. The van der Waals surface area contributed by atoms with Crippen molar-refractivity contribution in [2.75, 3.05) is 0 Å². The minimum absolute atomic E-state index is 0.0305. The Morgan fingerprint density at radius 3 is 2.32 bits per heavy atom. The second kappa shape index (κ2) is 7.55. The molecule has 0 saturated heterocycles. The molecule has 2 rings (SSSR count). The Morgan fingerprint density at radius 1 is 1.16 bits per heavy atom. The third-order valence-corrected chi connectivity index (χ3v) is 4.26. The standard InChI is InChI=1S/C18H25N5O2/c1-11(2)23-17(25)18(4,5)15(24)12(3)14(13-9-21-22-10-13)16-19-7-6-8-20-16/h6-12,14H,1-5H3,(H,21,22)(H,23,25). The molecular weight excluding hydrogens is 318 g/mol. The number of Topliss-reactive ketones (excluding diaryl/α,β-unsaturated/α-hetero) is 1. The van der Waals surface area contributed by atoms with Gasteiger partial charge in [-0.15, -0.1) is 0 Å². The van der Waals surface area contributed by atoms with Crippen LogP contribution in [0.15, 0.2) is 30.9 Å². The number of carbonyl (C=O) groups is 2. The van der Waals surface area contributed by atoms with Crippen molar-refractivity contribution in [1.82, 2.24) is 25.5 Å². The van der Waals surface area contributed by atoms with Gasteiger partial charge in [-0.05, 0) is 33.8 Å². The van der Waals surface area contributed by atoms with Gasteiger partial charge in [-0.1, -0.05) is 6.92 Å². The lowest BCUT2D eigenvalue weighted by Gasteiger charge is -2.29. The average Bonchev–Trinajstić information content (AvgIpc) is 3.08. The fourth-order valence-electron chi connectivity index (χ4n) is 2.84. The van der Waals surface area contributed by atoms with Crippen molar-refractivity contribution in [3.05, 3.63) is 42.2 Å². The molecule has 0 spiro atoms. The molecule has 0 aliphatic heterocycles. The summed E-state index contributed by atoms with van der Waals surface area (Å²) < 4.78 is 0. The molecule has 2 aromatic rings. The van der Waals surface area contributed by atoms with E-state index in [9.17, 15) is 9.59 Å². The molecule has 0 radical (unpaired) electrons. The quantitative estimate of drug-likeness (QED) is 0.750. The first kappa shape index (κ1) is 18.8. The van der Waals surface area contributed by atoms with E-state index >= 15 is 0 Å². The molecule has 0 fully saturated rings. The molecule has 2 atom stereocenters. The summed E-state index contributed by atoms with van der Waals surface area (Å²) in [5.41, 5.74) is -0.340. The first-order valence-corrected chi connectivity index (χ1v) is 8.36. The van der Waals surface area contributed by atoms with Crippen LogP contribution in [0.5, 0.6) is 0 Å². The Balaban J connectivity index is 2.35. The van der Waals surface area contributed by atoms with E-state index in [1.165, 1.54) is 0 Å². The number of ketones is 1. The number of H-pyrrole nitrogens is 1. The summed E-state index contributed by atoms with van der Waals surface area (Å²) >= 11 is 0. The summed E-state index contributed by atoms with van der Waals surface area (Å²) in [6.07, 6.45) is 6.67. The van der Waals surface area contributed by atoms with Crippen LogP contribution in [-0.4, -0.2) is 37.9 Å². The fourth-order valence-corrected chi connectivity index (χ4v) is 2.84. The summed E-state index contributed by atoms with van der Waals surface area (Å²) in [5, 5.41) is 9.56. The first-order chi connectivity index (χ1) is 11.7. The maximum atomic E-state index is 13.2. The van der Waals surface area contributed by atoms with Gasteiger partial charge in [0.2, 0.25) is 5.91 Å². The number of aromatic nitrogens is 4. The maximum Gasteiger partial charge on any atom is 0.233 e. The topological polar surface area (TPSA) is 101 Å². The highest BCUT2D eigenvalue weighted by molar-refractivity contribution is 6.06. The van der Waals surface area contributed by atoms with Gasteiger partial charge >= 0.3 is 0 Å². The molecular formula is C18H25N5O2. The zero-order chi connectivity index (χ0) is 18.6. The number of nitrogens with zero attached hydrogens (tertiary/aromatic N) is 3. The highest BCUT2D eigenvalue weighted by Crippen LogP contribution is 2.34. The highest BCUT2D eigenvalue weighted by atomic mass is 16.2. The van der Waals surface area contributed by atoms with E-state index in [0.29, 0.717) is 5.82 Å². The second-order valence-corrected chi connectivity index (χ2v) is 7.02. The van der Waals surface area contributed by atoms with Gasteiger partial charge in [0.25, 0.3) is 0 Å². The second-order valence-electron chi connectivity index (χ2n) is 7.02. The van der Waals surface area contributed by atoms with Gasteiger partial charge in [0.1, 0.15) is 11.2 Å². The number of hydrogen-bond donors (Lipinski definition) is 2. The van der Waals surface area contributed by atoms with Gasteiger partial charge in [0, 0.05) is 36.1 Å². The molecule has 25 heavy (non-hydrogen) atoms. The van der Waals surface area contributed by atoms with Crippen LogP contribution in [0.3, 0.4) is 0 Å². The number of hydrogen-bond acceptors (Lipinski definition) is 5. The number of aromatic amines is 1. The molecule has 2 N–H and O–H groups in total. The molecule has 0 aliphatic rings. The maximum absolute atomic E-state index is 13.2.